The van der Waals surface area contributed by atoms with Crippen LogP contribution in [0.1, 0.15) is 334 Å². The number of benzene rings is 2. The number of piperidine rings is 9. The van der Waals surface area contributed by atoms with Crippen LogP contribution < -0.4 is 4.72 Å². The number of hydrogen-bond acceptors (Lipinski definition) is 18. The minimum atomic E-state index is -3.31. The molecule has 9 aliphatic rings. The molecule has 12 rings (SSSR count). The van der Waals surface area contributed by atoms with E-state index in [1.54, 1.807) is 105 Å². The van der Waals surface area contributed by atoms with Crippen LogP contribution in [0.4, 0.5) is 0 Å². The molecule has 0 radical (unpaired) electrons. The number of aryl methyl sites for hydroxylation is 1. The molecule has 0 unspecified atom stereocenters. The molecular weight excluding hydrogens is 2050 g/mol. The summed E-state index contributed by atoms with van der Waals surface area (Å²) >= 11 is 0. The van der Waals surface area contributed by atoms with Crippen LogP contribution in [-0.4, -0.2) is 270 Å². The SMILES string of the molecule is CC(C)C1CCN(S(=O)(=O)C(C)(C)C)CC1.CC(C)C1CCN(S(=O)(=O)C(C)C)CC1.CC(C)C1CCN(S(=O)(=O)CC(C)(C)C)CC1.CC(C)C1CCN(S(=O)(=O)Cc2ccccc2)CC1.CC(C)C1CCN(S(=O)(=O)Cc2ccn(C)c2)CC1.CC(C)C1CCN(S(=O)(=O)NC(C)(C)C)CC1.CC(C)C1CCN(S(=O)(=O)c2ccccc2)CC1.CC(C)C1CCN(S(C)(=O)=O)CC1.CCS(=O)(=O)N1CCC(C(C)C)CC1. The van der Waals surface area contributed by atoms with Crippen molar-refractivity contribution in [2.75, 3.05) is 136 Å². The van der Waals surface area contributed by atoms with Gasteiger partial charge in [-0.05, 0) is 319 Å². The van der Waals surface area contributed by atoms with Crippen molar-refractivity contribution in [3.63, 3.8) is 0 Å². The highest BCUT2D eigenvalue weighted by Crippen LogP contribution is 2.37. The van der Waals surface area contributed by atoms with Gasteiger partial charge in [0.25, 0.3) is 10.2 Å². The third-order valence-electron chi connectivity index (χ3n) is 31.7. The van der Waals surface area contributed by atoms with Crippen LogP contribution in [0, 0.1) is 112 Å². The van der Waals surface area contributed by atoms with Crippen molar-refractivity contribution in [2.45, 2.75) is 355 Å². The molecule has 9 fully saturated rings. The first-order valence-electron chi connectivity index (χ1n) is 55.9. The fourth-order valence-corrected chi connectivity index (χ4v) is 33.8. The van der Waals surface area contributed by atoms with Gasteiger partial charge in [-0.15, -0.1) is 0 Å². The Kier molecular flexibility index (Phi) is 56.8. The number of sulfonamides is 8. The van der Waals surface area contributed by atoms with E-state index in [4.69, 9.17) is 0 Å². The van der Waals surface area contributed by atoms with Gasteiger partial charge in [0, 0.05) is 143 Å². The Morgan fingerprint density at radius 1 is 0.297 bits per heavy atom. The second kappa shape index (κ2) is 61.3. The maximum atomic E-state index is 12.4. The van der Waals surface area contributed by atoms with Crippen molar-refractivity contribution in [1.82, 2.24) is 48.0 Å². The summed E-state index contributed by atoms with van der Waals surface area (Å²) in [4.78, 5) is 0.410. The highest BCUT2D eigenvalue weighted by Gasteiger charge is 2.41. The molecule has 866 valence electrons. The number of rotatable bonds is 27. The third-order valence-corrected chi connectivity index (χ3v) is 49.6. The molecule has 2 aromatic carbocycles. The van der Waals surface area contributed by atoms with Crippen molar-refractivity contribution in [3.05, 3.63) is 90.3 Å². The summed E-state index contributed by atoms with van der Waals surface area (Å²) in [7, 11) is -26.0. The summed E-state index contributed by atoms with van der Waals surface area (Å²) in [6, 6.07) is 20.0. The molecule has 0 aliphatic carbocycles. The minimum Gasteiger partial charge on any atom is -0.357 e. The van der Waals surface area contributed by atoms with Gasteiger partial charge in [-0.2, -0.15) is 21.8 Å². The molecule has 9 saturated heterocycles. The normalized spacial score (nSPS) is 20.6. The Balaban J connectivity index is 0.000000347. The highest BCUT2D eigenvalue weighted by atomic mass is 32.2. The molecule has 0 amide bonds. The number of hydrogen-bond donors (Lipinski definition) is 1. The van der Waals surface area contributed by atoms with Crippen LogP contribution >= 0.6 is 0 Å². The molecule has 38 heteroatoms. The Hall–Kier alpha value is -3.13. The average Bonchev–Trinajstić information content (AvgIpc) is 0.829. The molecule has 0 spiro atoms. The van der Waals surface area contributed by atoms with Gasteiger partial charge < -0.3 is 4.57 Å². The molecule has 1 N–H and O–H groups in total. The van der Waals surface area contributed by atoms with E-state index >= 15 is 0 Å². The zero-order valence-corrected chi connectivity index (χ0v) is 105. The van der Waals surface area contributed by atoms with Crippen molar-refractivity contribution >= 4 is 90.4 Å². The van der Waals surface area contributed by atoms with E-state index in [2.05, 4.69) is 129 Å². The fraction of sp³-hybridized carbons (Fsp3) is 0.855. The molecule has 10 heterocycles. The molecule has 148 heavy (non-hydrogen) atoms. The van der Waals surface area contributed by atoms with E-state index in [1.807, 2.05) is 108 Å². The predicted octanol–water partition coefficient (Wildman–Crippen LogP) is 20.2. The largest absolute Gasteiger partial charge is 0.357 e. The van der Waals surface area contributed by atoms with Crippen LogP contribution in [0.2, 0.25) is 0 Å². The lowest BCUT2D eigenvalue weighted by atomic mass is 9.87. The first-order valence-corrected chi connectivity index (χ1v) is 70.0. The second-order valence-corrected chi connectivity index (χ2v) is 68.8. The van der Waals surface area contributed by atoms with Gasteiger partial charge in [0.2, 0.25) is 80.2 Å². The van der Waals surface area contributed by atoms with Gasteiger partial charge in [0.1, 0.15) is 0 Å². The smallest absolute Gasteiger partial charge is 0.279 e. The summed E-state index contributed by atoms with van der Waals surface area (Å²) in [6.07, 6.45) is 23.1. The lowest BCUT2D eigenvalue weighted by Crippen LogP contribution is -2.51. The zero-order chi connectivity index (χ0) is 113. The molecule has 29 nitrogen and oxygen atoms in total. The van der Waals surface area contributed by atoms with E-state index in [0.717, 1.165) is 140 Å². The quantitative estimate of drug-likeness (QED) is 0.0741. The molecular formula is C110H209N11O18S9. The average molecular weight is 2260 g/mol. The van der Waals surface area contributed by atoms with Crippen molar-refractivity contribution in [1.29, 1.82) is 0 Å². The maximum Gasteiger partial charge on any atom is 0.279 e. The van der Waals surface area contributed by atoms with E-state index in [1.165, 1.54) is 6.26 Å². The lowest BCUT2D eigenvalue weighted by molar-refractivity contribution is 0.223. The molecule has 0 bridgehead atoms. The van der Waals surface area contributed by atoms with Gasteiger partial charge in [-0.1, -0.05) is 194 Å². The van der Waals surface area contributed by atoms with Gasteiger partial charge in [0.15, 0.2) is 0 Å². The van der Waals surface area contributed by atoms with E-state index in [9.17, 15) is 75.8 Å². The second-order valence-electron chi connectivity index (χ2n) is 49.9. The lowest BCUT2D eigenvalue weighted by Gasteiger charge is -2.36. The Bertz CT molecular complexity index is 5300. The highest BCUT2D eigenvalue weighted by molar-refractivity contribution is 7.91. The predicted molar refractivity (Wildman–Crippen MR) is 615 cm³/mol. The monoisotopic (exact) mass is 2260 g/mol. The molecule has 1 aromatic heterocycles. The summed E-state index contributed by atoms with van der Waals surface area (Å²) < 4.78 is 235. The first-order chi connectivity index (χ1) is 68.0. The molecule has 0 saturated carbocycles. The van der Waals surface area contributed by atoms with Gasteiger partial charge in [-0.3, -0.25) is 0 Å². The van der Waals surface area contributed by atoms with Gasteiger partial charge in [-0.25, -0.2) is 97.5 Å². The van der Waals surface area contributed by atoms with Crippen LogP contribution in [0.3, 0.4) is 0 Å². The Morgan fingerprint density at radius 2 is 0.547 bits per heavy atom. The van der Waals surface area contributed by atoms with Crippen molar-refractivity contribution < 1.29 is 75.8 Å². The van der Waals surface area contributed by atoms with Crippen molar-refractivity contribution in [2.24, 2.45) is 119 Å². The fourth-order valence-electron chi connectivity index (χ4n) is 20.8. The summed E-state index contributed by atoms with van der Waals surface area (Å²) in [6.45, 7) is 74.4. The maximum absolute atomic E-state index is 12.4. The number of aromatic nitrogens is 1. The number of nitrogens with one attached hydrogen (secondary N) is 1. The number of nitrogens with zero attached hydrogens (tertiary/aromatic N) is 10. The van der Waals surface area contributed by atoms with Crippen LogP contribution in [0.15, 0.2) is 84.0 Å². The summed E-state index contributed by atoms with van der Waals surface area (Å²) in [5.74, 6) is 12.9. The third kappa shape index (κ3) is 46.8. The van der Waals surface area contributed by atoms with E-state index in [0.29, 0.717) is 216 Å². The Morgan fingerprint density at radius 3 is 0.797 bits per heavy atom. The molecule has 0 atom stereocenters. The minimum absolute atomic E-state index is 0.125. The van der Waals surface area contributed by atoms with Crippen molar-refractivity contribution in [3.8, 4) is 0 Å². The standard InChI is InChI=1S/C15H23NO2S.C14H24N2O2S.C14H21NO2S.C13H27NO2S.C12H26N2O2S.C12H25NO2S.C11H23NO2S.C10H21NO2S.C9H19NO2S/c1-13(2)15-8-10-16(11-9-15)19(17,18)12-14-6-4-3-5-7-14;1-12(2)14-5-8-16(9-6-14)19(17,18)11-13-4-7-15(3)10-13;1-12(2)13-8-10-15(11-9-13)18(16,17)14-6-4-3-5-7-14;1-11(2)12-6-8-14(9-7-12)17(15,16)10-13(3,4)5;1-10(2)11-6-8-14(9-7-11)17(15,16)13-12(3,4)5;1-10(2)11-6-8-13(9-7-11)16(14,15)12(3,4)5;1-9(2)11-5-7-12(8-6-11)15(13,14)10(3)4;1-4-14(12,13)11-7-5-10(6-8-11)9(2)3;1-8(2)9-4-6-10(7-5-9)13(3,11)12/h3-7,13,15H,8-12H2,1-2H3;4,7,10,12,14H,5-6,8-9,11H2,1-3H3;3-7,12-13H,8-11H2,1-2H3;11-12H,6-10H2,1-5H3;10-11,13H,6-9H2,1-5H3;10-11H,6-9H2,1-5H3;9-11H,5-8H2,1-4H3;9-10H,4-8H2,1-3H3;8-9H,4-7H2,1-3H3. The molecule has 3 aromatic rings. The zero-order valence-electron chi connectivity index (χ0n) is 97.8. The Labute approximate surface area is 907 Å². The summed E-state index contributed by atoms with van der Waals surface area (Å²) in [5.41, 5.74) is 1.17. The van der Waals surface area contributed by atoms with Crippen LogP contribution in [0.5, 0.6) is 0 Å². The first kappa shape index (κ1) is 137. The summed E-state index contributed by atoms with van der Waals surface area (Å²) in [5, 5.41) is -0.284. The van der Waals surface area contributed by atoms with E-state index < -0.39 is 101 Å². The molecule has 9 aliphatic heterocycles. The topological polar surface area (TPSA) is 353 Å². The van der Waals surface area contributed by atoms with Gasteiger partial charge >= 0.3 is 0 Å². The van der Waals surface area contributed by atoms with E-state index in [-0.39, 0.29) is 33.7 Å². The van der Waals surface area contributed by atoms with Gasteiger partial charge in [0.05, 0.1) is 44.2 Å². The van der Waals surface area contributed by atoms with Crippen LogP contribution in [0.25, 0.3) is 0 Å². The van der Waals surface area contributed by atoms with Crippen LogP contribution in [-0.2, 0) is 109 Å².